The number of hydrogen-bond donors (Lipinski definition) is 3. The molecule has 15 nitrogen and oxygen atoms in total. The molecule has 0 radical (unpaired) electrons. The van der Waals surface area contributed by atoms with Crippen LogP contribution in [0.2, 0.25) is 0 Å². The van der Waals surface area contributed by atoms with Crippen molar-refractivity contribution in [1.82, 2.24) is 19.7 Å². The monoisotopic (exact) mass is 593 g/mol. The van der Waals surface area contributed by atoms with Crippen molar-refractivity contribution in [2.45, 2.75) is 52.7 Å². The van der Waals surface area contributed by atoms with E-state index in [9.17, 15) is 24.3 Å². The second kappa shape index (κ2) is 11.4. The van der Waals surface area contributed by atoms with Gasteiger partial charge in [-0.1, -0.05) is 5.16 Å². The zero-order chi connectivity index (χ0) is 31.7. The first-order valence-corrected chi connectivity index (χ1v) is 13.0. The number of fused-ring (bicyclic) bond motifs is 1. The molecular formula is C28H31N7O8. The van der Waals surface area contributed by atoms with Crippen LogP contribution in [-0.2, 0) is 9.47 Å². The number of carbonyl (C=O) groups excluding carboxylic acids is 2. The number of rotatable bonds is 6. The summed E-state index contributed by atoms with van der Waals surface area (Å²) in [6.07, 6.45) is 1.44. The second-order valence-electron chi connectivity index (χ2n) is 11.3. The molecule has 2 amide bonds. The molecule has 0 aliphatic rings. The maximum absolute atomic E-state index is 13.6. The molecule has 3 N–H and O–H groups in total. The molecule has 0 spiro atoms. The summed E-state index contributed by atoms with van der Waals surface area (Å²) in [6.45, 7) is 10.3. The Kier molecular flexibility index (Phi) is 8.10. The van der Waals surface area contributed by atoms with Crippen LogP contribution in [0.25, 0.3) is 16.9 Å². The Bertz CT molecular complexity index is 1770. The molecule has 0 aliphatic carbocycles. The first kappa shape index (κ1) is 30.5. The van der Waals surface area contributed by atoms with Crippen LogP contribution in [-0.4, -0.2) is 61.2 Å². The molecule has 4 aromatic rings. The van der Waals surface area contributed by atoms with E-state index in [1.54, 1.807) is 59.7 Å². The van der Waals surface area contributed by atoms with Crippen molar-refractivity contribution < 1.29 is 33.5 Å². The first-order valence-electron chi connectivity index (χ1n) is 13.0. The highest BCUT2D eigenvalue weighted by Gasteiger charge is 2.27. The van der Waals surface area contributed by atoms with Gasteiger partial charge < -0.3 is 24.4 Å². The van der Waals surface area contributed by atoms with Crippen molar-refractivity contribution in [3.63, 3.8) is 0 Å². The van der Waals surface area contributed by atoms with Crippen LogP contribution in [0.1, 0.15) is 52.1 Å². The quantitative estimate of drug-likeness (QED) is 0.274. The second-order valence-corrected chi connectivity index (χ2v) is 11.3. The van der Waals surface area contributed by atoms with Crippen molar-refractivity contribution in [3.05, 3.63) is 58.8 Å². The van der Waals surface area contributed by atoms with Gasteiger partial charge in [-0.3, -0.25) is 19.6 Å². The Balaban J connectivity index is 1.75. The Labute approximate surface area is 245 Å². The van der Waals surface area contributed by atoms with Crippen LogP contribution in [0.3, 0.4) is 0 Å². The predicted molar refractivity (Wildman–Crippen MR) is 156 cm³/mol. The van der Waals surface area contributed by atoms with Crippen molar-refractivity contribution in [1.29, 1.82) is 0 Å². The number of carboxylic acid groups (broad SMARTS) is 1. The molecule has 4 heterocycles. The van der Waals surface area contributed by atoms with Gasteiger partial charge >= 0.3 is 18.2 Å². The molecule has 0 atom stereocenters. The van der Waals surface area contributed by atoms with E-state index in [-0.39, 0.29) is 39.7 Å². The van der Waals surface area contributed by atoms with E-state index in [0.29, 0.717) is 0 Å². The summed E-state index contributed by atoms with van der Waals surface area (Å²) in [5.41, 5.74) is -1.96. The van der Waals surface area contributed by atoms with Crippen molar-refractivity contribution >= 4 is 52.1 Å². The van der Waals surface area contributed by atoms with Crippen molar-refractivity contribution in [2.24, 2.45) is 0 Å². The normalized spacial score (nSPS) is 11.6. The number of nitrogens with zero attached hydrogens (tertiary/aromatic N) is 5. The maximum atomic E-state index is 13.6. The minimum atomic E-state index is -1.43. The van der Waals surface area contributed by atoms with E-state index in [4.69, 9.17) is 14.0 Å². The van der Waals surface area contributed by atoms with Gasteiger partial charge in [-0.15, -0.1) is 0 Å². The molecule has 0 bridgehead atoms. The number of hydrogen-bond acceptors (Lipinski definition) is 11. The molecule has 226 valence electrons. The third-order valence-electron chi connectivity index (χ3n) is 5.50. The average molecular weight is 594 g/mol. The highest BCUT2D eigenvalue weighted by atomic mass is 16.6. The number of anilines is 4. The van der Waals surface area contributed by atoms with E-state index in [0.717, 1.165) is 4.90 Å². The third-order valence-corrected chi connectivity index (χ3v) is 5.50. The van der Waals surface area contributed by atoms with E-state index in [1.165, 1.54) is 36.1 Å². The van der Waals surface area contributed by atoms with Gasteiger partial charge in [0.25, 0.3) is 11.3 Å². The van der Waals surface area contributed by atoms with Crippen LogP contribution in [0.15, 0.2) is 52.0 Å². The van der Waals surface area contributed by atoms with Crippen LogP contribution < -0.4 is 21.1 Å². The van der Waals surface area contributed by atoms with Gasteiger partial charge in [0, 0.05) is 25.5 Å². The fourth-order valence-electron chi connectivity index (χ4n) is 3.79. The van der Waals surface area contributed by atoms with Gasteiger partial charge in [0.1, 0.15) is 28.2 Å². The molecule has 43 heavy (non-hydrogen) atoms. The Morgan fingerprint density at radius 2 is 1.67 bits per heavy atom. The van der Waals surface area contributed by atoms with Crippen molar-refractivity contribution in [2.75, 3.05) is 22.6 Å². The standard InChI is InChI=1S/C28H31N7O8/c1-27(2,3)41-25(39)31-15-10-8-12-29-22(15)35-13-9-11-16(23(35)36)30-18-14-17(34(7)26(40)42-28(4,5)6)19-20(32-18)21(24(37)38)43-33-19/h8-14H,1-7H3,(H,30,32)(H,31,39)(H,37,38). The predicted octanol–water partition coefficient (Wildman–Crippen LogP) is 4.93. The minimum absolute atomic E-state index is 0.00610. The summed E-state index contributed by atoms with van der Waals surface area (Å²) < 4.78 is 16.9. The SMILES string of the molecule is CN(C(=O)OC(C)(C)C)c1cc(Nc2cccn(-c3ncccc3NC(=O)OC(C)(C)C)c2=O)nc2c(C(=O)O)onc12. The largest absolute Gasteiger partial charge is 0.475 e. The van der Waals surface area contributed by atoms with Gasteiger partial charge in [0.05, 0.1) is 11.4 Å². The molecule has 4 aromatic heterocycles. The molecule has 4 rings (SSSR count). The molecule has 0 fully saturated rings. The summed E-state index contributed by atoms with van der Waals surface area (Å²) in [6, 6.07) is 7.58. The summed E-state index contributed by atoms with van der Waals surface area (Å²) in [5, 5.41) is 18.9. The highest BCUT2D eigenvalue weighted by molar-refractivity contribution is 6.05. The topological polar surface area (TPSA) is 191 Å². The Hall–Kier alpha value is -5.47. The zero-order valence-corrected chi connectivity index (χ0v) is 24.6. The van der Waals surface area contributed by atoms with Crippen LogP contribution in [0.4, 0.5) is 32.5 Å². The average Bonchev–Trinajstić information content (AvgIpc) is 3.32. The van der Waals surface area contributed by atoms with Gasteiger partial charge in [-0.05, 0) is 65.8 Å². The van der Waals surface area contributed by atoms with E-state index >= 15 is 0 Å². The lowest BCUT2D eigenvalue weighted by Gasteiger charge is -2.25. The molecule has 0 saturated carbocycles. The zero-order valence-electron chi connectivity index (χ0n) is 24.6. The lowest BCUT2D eigenvalue weighted by molar-refractivity contribution is 0.0586. The third kappa shape index (κ3) is 7.06. The van der Waals surface area contributed by atoms with Gasteiger partial charge in [0.2, 0.25) is 0 Å². The number of carboxylic acids is 1. The number of aromatic carboxylic acids is 1. The van der Waals surface area contributed by atoms with Crippen LogP contribution >= 0.6 is 0 Å². The number of ether oxygens (including phenoxy) is 2. The Morgan fingerprint density at radius 3 is 2.33 bits per heavy atom. The number of pyridine rings is 3. The fraction of sp³-hybridized carbons (Fsp3) is 0.321. The van der Waals surface area contributed by atoms with Gasteiger partial charge in [-0.25, -0.2) is 24.4 Å². The summed E-state index contributed by atoms with van der Waals surface area (Å²) in [5.74, 6) is -1.87. The maximum Gasteiger partial charge on any atom is 0.414 e. The summed E-state index contributed by atoms with van der Waals surface area (Å²) >= 11 is 0. The molecule has 0 aromatic carbocycles. The molecule has 0 aliphatic heterocycles. The number of nitrogens with one attached hydrogen (secondary N) is 2. The lowest BCUT2D eigenvalue weighted by atomic mass is 10.2. The smallest absolute Gasteiger partial charge is 0.414 e. The fourth-order valence-corrected chi connectivity index (χ4v) is 3.79. The number of aromatic nitrogens is 4. The lowest BCUT2D eigenvalue weighted by Crippen LogP contribution is -2.34. The van der Waals surface area contributed by atoms with E-state index in [1.807, 2.05) is 0 Å². The summed E-state index contributed by atoms with van der Waals surface area (Å²) in [4.78, 5) is 60.3. The first-order chi connectivity index (χ1) is 20.0. The molecule has 0 unspecified atom stereocenters. The van der Waals surface area contributed by atoms with Gasteiger partial charge in [0.15, 0.2) is 11.3 Å². The number of amides is 2. The van der Waals surface area contributed by atoms with E-state index < -0.39 is 40.7 Å². The van der Waals surface area contributed by atoms with Crippen LogP contribution in [0.5, 0.6) is 0 Å². The van der Waals surface area contributed by atoms with E-state index in [2.05, 4.69) is 25.8 Å². The molecular weight excluding hydrogens is 562 g/mol. The van der Waals surface area contributed by atoms with Gasteiger partial charge in [-0.2, -0.15) is 0 Å². The Morgan fingerprint density at radius 1 is 1.00 bits per heavy atom. The summed E-state index contributed by atoms with van der Waals surface area (Å²) in [7, 11) is 1.41. The number of carbonyl (C=O) groups is 3. The van der Waals surface area contributed by atoms with Crippen LogP contribution in [0, 0.1) is 0 Å². The highest BCUT2D eigenvalue weighted by Crippen LogP contribution is 2.31. The minimum Gasteiger partial charge on any atom is -0.475 e. The van der Waals surface area contributed by atoms with Crippen molar-refractivity contribution in [3.8, 4) is 5.82 Å². The molecule has 0 saturated heterocycles. The molecule has 15 heteroatoms.